The molecule has 2 aromatic carbocycles. The van der Waals surface area contributed by atoms with Gasteiger partial charge in [-0.1, -0.05) is 23.9 Å². The average molecular weight is 459 g/mol. The molecule has 2 saturated heterocycles. The number of aliphatic imine (C=N–C) groups is 1. The number of ketones is 1. The molecule has 0 saturated carbocycles. The lowest BCUT2D eigenvalue weighted by Crippen LogP contribution is -2.37. The van der Waals surface area contributed by atoms with E-state index in [1.165, 1.54) is 18.7 Å². The molecule has 10 heteroatoms. The molecule has 1 amide bonds. The van der Waals surface area contributed by atoms with Gasteiger partial charge in [0.2, 0.25) is 6.79 Å². The molecular weight excluding hydrogens is 440 g/mol. The Hall–Kier alpha value is -2.85. The third-order valence-corrected chi connectivity index (χ3v) is 8.62. The number of sulfone groups is 1. The van der Waals surface area contributed by atoms with Gasteiger partial charge in [-0.25, -0.2) is 8.42 Å². The Balaban J connectivity index is 1.53. The highest BCUT2D eigenvalue weighted by Crippen LogP contribution is 2.41. The molecule has 31 heavy (non-hydrogen) atoms. The second kappa shape index (κ2) is 7.38. The Morgan fingerprint density at radius 2 is 1.87 bits per heavy atom. The Bertz CT molecular complexity index is 1240. The van der Waals surface area contributed by atoms with E-state index >= 15 is 0 Å². The summed E-state index contributed by atoms with van der Waals surface area (Å²) in [6.07, 6.45) is 0. The minimum Gasteiger partial charge on any atom is -0.454 e. The summed E-state index contributed by atoms with van der Waals surface area (Å²) in [5.41, 5.74) is 1.50. The highest BCUT2D eigenvalue weighted by Gasteiger charge is 2.49. The van der Waals surface area contributed by atoms with Crippen LogP contribution < -0.4 is 14.4 Å². The molecule has 3 heterocycles. The number of rotatable bonds is 3. The van der Waals surface area contributed by atoms with Gasteiger partial charge in [-0.2, -0.15) is 4.99 Å². The van der Waals surface area contributed by atoms with Crippen molar-refractivity contribution in [2.45, 2.75) is 18.2 Å². The van der Waals surface area contributed by atoms with E-state index in [0.29, 0.717) is 33.5 Å². The predicted octanol–water partition coefficient (Wildman–Crippen LogP) is 2.53. The monoisotopic (exact) mass is 458 g/mol. The van der Waals surface area contributed by atoms with Crippen molar-refractivity contribution in [1.82, 2.24) is 0 Å². The molecule has 2 atom stereocenters. The van der Waals surface area contributed by atoms with Gasteiger partial charge in [0.1, 0.15) is 0 Å². The summed E-state index contributed by atoms with van der Waals surface area (Å²) in [4.78, 5) is 30.9. The van der Waals surface area contributed by atoms with Crippen LogP contribution in [0.15, 0.2) is 47.5 Å². The molecule has 160 valence electrons. The fourth-order valence-electron chi connectivity index (χ4n) is 3.92. The zero-order valence-corrected chi connectivity index (χ0v) is 18.1. The lowest BCUT2D eigenvalue weighted by atomic mass is 10.1. The van der Waals surface area contributed by atoms with Gasteiger partial charge in [-0.15, -0.1) is 0 Å². The molecule has 8 nitrogen and oxygen atoms in total. The number of amidine groups is 1. The number of nitrogens with zero attached hydrogens (tertiary/aromatic N) is 2. The number of benzene rings is 2. The van der Waals surface area contributed by atoms with Crippen molar-refractivity contribution < 1.29 is 27.5 Å². The van der Waals surface area contributed by atoms with E-state index in [2.05, 4.69) is 4.99 Å². The second-order valence-corrected chi connectivity index (χ2v) is 10.9. The van der Waals surface area contributed by atoms with Crippen molar-refractivity contribution in [3.05, 3.63) is 53.6 Å². The van der Waals surface area contributed by atoms with E-state index in [4.69, 9.17) is 9.47 Å². The van der Waals surface area contributed by atoms with Gasteiger partial charge in [-0.05, 0) is 37.3 Å². The van der Waals surface area contributed by atoms with E-state index in [9.17, 15) is 18.0 Å². The SMILES string of the molecule is CC(=O)c1cccc(N2C(=NC(=O)c3ccc4c(c3)OCO4)S[C@@H]3CS(=O)(=O)C[C@@H]32)c1. The summed E-state index contributed by atoms with van der Waals surface area (Å²) in [6.45, 7) is 1.58. The number of carbonyl (C=O) groups is 2. The smallest absolute Gasteiger partial charge is 0.279 e. The first-order chi connectivity index (χ1) is 14.8. The van der Waals surface area contributed by atoms with Gasteiger partial charge < -0.3 is 14.4 Å². The maximum atomic E-state index is 12.9. The van der Waals surface area contributed by atoms with Crippen LogP contribution in [-0.2, 0) is 9.84 Å². The minimum absolute atomic E-state index is 0.0216. The number of fused-ring (bicyclic) bond motifs is 2. The van der Waals surface area contributed by atoms with Crippen molar-refractivity contribution in [3.63, 3.8) is 0 Å². The van der Waals surface area contributed by atoms with Gasteiger partial charge >= 0.3 is 0 Å². The number of amides is 1. The normalized spacial score (nSPS) is 24.4. The zero-order chi connectivity index (χ0) is 21.8. The molecule has 0 unspecified atom stereocenters. The van der Waals surface area contributed by atoms with Crippen LogP contribution in [0.1, 0.15) is 27.6 Å². The molecule has 0 bridgehead atoms. The molecule has 0 radical (unpaired) electrons. The number of anilines is 1. The third-order valence-electron chi connectivity index (χ3n) is 5.41. The molecule has 5 rings (SSSR count). The van der Waals surface area contributed by atoms with E-state index in [1.807, 2.05) is 0 Å². The summed E-state index contributed by atoms with van der Waals surface area (Å²) in [5, 5.41) is 0.197. The van der Waals surface area contributed by atoms with Crippen molar-refractivity contribution in [3.8, 4) is 11.5 Å². The Kier molecular flexibility index (Phi) is 4.78. The van der Waals surface area contributed by atoms with Crippen LogP contribution in [0.3, 0.4) is 0 Å². The molecular formula is C21H18N2O6S2. The van der Waals surface area contributed by atoms with Gasteiger partial charge in [-0.3, -0.25) is 9.59 Å². The van der Waals surface area contributed by atoms with Gasteiger partial charge in [0, 0.05) is 22.1 Å². The van der Waals surface area contributed by atoms with Crippen LogP contribution in [0.4, 0.5) is 5.69 Å². The summed E-state index contributed by atoms with van der Waals surface area (Å²) in [7, 11) is -3.18. The maximum Gasteiger partial charge on any atom is 0.279 e. The first kappa shape index (κ1) is 20.1. The standard InChI is InChI=1S/C21H18N2O6S2/c1-12(24)13-3-2-4-15(7-13)23-16-9-31(26,27)10-19(16)30-21(23)22-20(25)14-5-6-17-18(8-14)29-11-28-17/h2-8,16,19H,9-11H2,1H3/t16-,19+/m0/s1. The zero-order valence-electron chi connectivity index (χ0n) is 16.5. The maximum absolute atomic E-state index is 12.9. The third kappa shape index (κ3) is 3.70. The highest BCUT2D eigenvalue weighted by molar-refractivity contribution is 8.16. The summed E-state index contributed by atoms with van der Waals surface area (Å²) in [5.74, 6) is 0.505. The van der Waals surface area contributed by atoms with Crippen LogP contribution in [0, 0.1) is 0 Å². The van der Waals surface area contributed by atoms with Crippen LogP contribution in [0.25, 0.3) is 0 Å². The fraction of sp³-hybridized carbons (Fsp3) is 0.286. The predicted molar refractivity (Wildman–Crippen MR) is 117 cm³/mol. The summed E-state index contributed by atoms with van der Waals surface area (Å²) < 4.78 is 35.1. The molecule has 3 aliphatic heterocycles. The fourth-order valence-corrected chi connectivity index (χ4v) is 7.83. The van der Waals surface area contributed by atoms with Gasteiger partial charge in [0.25, 0.3) is 5.91 Å². The van der Waals surface area contributed by atoms with Crippen LogP contribution in [0.2, 0.25) is 0 Å². The number of thioether (sulfide) groups is 1. The molecule has 0 aliphatic carbocycles. The first-order valence-corrected chi connectivity index (χ1v) is 12.3. The van der Waals surface area contributed by atoms with Crippen LogP contribution in [-0.4, -0.2) is 54.9 Å². The molecule has 0 N–H and O–H groups in total. The first-order valence-electron chi connectivity index (χ1n) is 9.61. The number of carbonyl (C=O) groups excluding carboxylic acids is 2. The lowest BCUT2D eigenvalue weighted by Gasteiger charge is -2.24. The highest BCUT2D eigenvalue weighted by atomic mass is 32.2. The van der Waals surface area contributed by atoms with Crippen LogP contribution >= 0.6 is 11.8 Å². The molecule has 0 aromatic heterocycles. The van der Waals surface area contributed by atoms with E-state index in [1.54, 1.807) is 47.4 Å². The number of hydrogen-bond donors (Lipinski definition) is 0. The second-order valence-electron chi connectivity index (χ2n) is 7.54. The number of hydrogen-bond acceptors (Lipinski definition) is 7. The van der Waals surface area contributed by atoms with Gasteiger partial charge in [0.05, 0.1) is 17.5 Å². The lowest BCUT2D eigenvalue weighted by molar-refractivity contribution is 0.0998. The Morgan fingerprint density at radius 3 is 2.68 bits per heavy atom. The Morgan fingerprint density at radius 1 is 1.06 bits per heavy atom. The molecule has 0 spiro atoms. The van der Waals surface area contributed by atoms with Crippen LogP contribution in [0.5, 0.6) is 11.5 Å². The molecule has 2 aromatic rings. The summed E-state index contributed by atoms with van der Waals surface area (Å²) in [6, 6.07) is 11.5. The Labute approximate surface area is 183 Å². The van der Waals surface area contributed by atoms with E-state index < -0.39 is 15.7 Å². The van der Waals surface area contributed by atoms with E-state index in [0.717, 1.165) is 0 Å². The molecule has 3 aliphatic rings. The van der Waals surface area contributed by atoms with Crippen molar-refractivity contribution in [2.24, 2.45) is 4.99 Å². The quantitative estimate of drug-likeness (QED) is 0.647. The van der Waals surface area contributed by atoms with E-state index in [-0.39, 0.29) is 35.4 Å². The number of ether oxygens (including phenoxy) is 2. The van der Waals surface area contributed by atoms with Crippen molar-refractivity contribution in [2.75, 3.05) is 23.2 Å². The summed E-state index contributed by atoms with van der Waals surface area (Å²) >= 11 is 1.28. The van der Waals surface area contributed by atoms with Crippen molar-refractivity contribution >= 4 is 44.1 Å². The largest absolute Gasteiger partial charge is 0.454 e. The van der Waals surface area contributed by atoms with Crippen molar-refractivity contribution in [1.29, 1.82) is 0 Å². The average Bonchev–Trinajstić information content (AvgIpc) is 3.39. The topological polar surface area (TPSA) is 102 Å². The van der Waals surface area contributed by atoms with Gasteiger partial charge in [0.15, 0.2) is 32.3 Å². The minimum atomic E-state index is -3.18. The molecule has 2 fully saturated rings. The number of Topliss-reactive ketones (excluding diaryl/α,β-unsaturated/α-hetero) is 1.